The Hall–Kier alpha value is -3.84. The molecule has 0 aliphatic carbocycles. The molecule has 0 saturated heterocycles. The fourth-order valence-corrected chi connectivity index (χ4v) is 4.28. The zero-order valence-corrected chi connectivity index (χ0v) is 20.6. The average molecular weight is 503 g/mol. The van der Waals surface area contributed by atoms with Crippen LogP contribution in [0.5, 0.6) is 0 Å². The van der Waals surface area contributed by atoms with Crippen LogP contribution in [-0.2, 0) is 9.30 Å². The second-order valence-electron chi connectivity index (χ2n) is 8.06. The Balaban J connectivity index is 1.34. The molecule has 0 aromatic heterocycles. The van der Waals surface area contributed by atoms with Gasteiger partial charge in [-0.2, -0.15) is 10.2 Å². The van der Waals surface area contributed by atoms with Gasteiger partial charge in [0.1, 0.15) is 6.61 Å². The summed E-state index contributed by atoms with van der Waals surface area (Å²) < 4.78 is 16.9. The number of esters is 1. The first-order valence-corrected chi connectivity index (χ1v) is 13.0. The Morgan fingerprint density at radius 3 is 2.31 bits per heavy atom. The Morgan fingerprint density at radius 2 is 1.58 bits per heavy atom. The highest BCUT2D eigenvalue weighted by Gasteiger charge is 2.16. The van der Waals surface area contributed by atoms with E-state index in [1.54, 1.807) is 24.3 Å². The van der Waals surface area contributed by atoms with Crippen molar-refractivity contribution in [2.75, 3.05) is 24.6 Å². The minimum absolute atomic E-state index is 0.103. The highest BCUT2D eigenvalue weighted by atomic mass is 31.2. The molecule has 0 saturated carbocycles. The zero-order chi connectivity index (χ0) is 25.5. The summed E-state index contributed by atoms with van der Waals surface area (Å²) in [4.78, 5) is 33.2. The Morgan fingerprint density at radius 1 is 0.861 bits per heavy atom. The van der Waals surface area contributed by atoms with E-state index in [0.717, 1.165) is 23.0 Å². The van der Waals surface area contributed by atoms with Crippen LogP contribution >= 0.6 is 7.60 Å². The SMILES string of the molecule is CCN(CCOC(=O)c1ccc2ccccc2c1)c1ccc(N=Nc2cccc(P(=O)(O)O)c2)cc1. The first-order valence-electron chi connectivity index (χ1n) is 11.4. The Kier molecular flexibility index (Phi) is 7.90. The monoisotopic (exact) mass is 503 g/mol. The van der Waals surface area contributed by atoms with Crippen LogP contribution in [0.25, 0.3) is 10.8 Å². The van der Waals surface area contributed by atoms with Gasteiger partial charge in [0.2, 0.25) is 0 Å². The summed E-state index contributed by atoms with van der Waals surface area (Å²) >= 11 is 0. The second kappa shape index (κ2) is 11.3. The van der Waals surface area contributed by atoms with Gasteiger partial charge in [-0.1, -0.05) is 36.4 Å². The summed E-state index contributed by atoms with van der Waals surface area (Å²) in [6, 6.07) is 26.6. The van der Waals surface area contributed by atoms with Crippen LogP contribution in [0, 0.1) is 0 Å². The van der Waals surface area contributed by atoms with Crippen molar-refractivity contribution in [2.24, 2.45) is 10.2 Å². The third kappa shape index (κ3) is 6.43. The van der Waals surface area contributed by atoms with Crippen LogP contribution < -0.4 is 10.2 Å². The van der Waals surface area contributed by atoms with Crippen molar-refractivity contribution in [3.8, 4) is 0 Å². The van der Waals surface area contributed by atoms with Crippen molar-refractivity contribution < 1.29 is 23.9 Å². The molecule has 0 atom stereocenters. The summed E-state index contributed by atoms with van der Waals surface area (Å²) in [5.41, 5.74) is 2.42. The van der Waals surface area contributed by atoms with Crippen LogP contribution in [0.15, 0.2) is 101 Å². The lowest BCUT2D eigenvalue weighted by atomic mass is 10.1. The van der Waals surface area contributed by atoms with E-state index in [0.29, 0.717) is 23.5 Å². The van der Waals surface area contributed by atoms with Gasteiger partial charge >= 0.3 is 13.6 Å². The van der Waals surface area contributed by atoms with Gasteiger partial charge in [0, 0.05) is 12.2 Å². The van der Waals surface area contributed by atoms with E-state index in [4.69, 9.17) is 4.74 Å². The van der Waals surface area contributed by atoms with Gasteiger partial charge in [-0.25, -0.2) is 4.79 Å². The number of rotatable bonds is 9. The van der Waals surface area contributed by atoms with E-state index in [2.05, 4.69) is 15.1 Å². The number of anilines is 1. The van der Waals surface area contributed by atoms with E-state index in [-0.39, 0.29) is 17.9 Å². The molecule has 4 aromatic carbocycles. The van der Waals surface area contributed by atoms with Gasteiger partial charge in [-0.15, -0.1) is 0 Å². The fourth-order valence-electron chi connectivity index (χ4n) is 3.70. The Labute approximate surface area is 209 Å². The summed E-state index contributed by atoms with van der Waals surface area (Å²) in [6.07, 6.45) is 0. The maximum Gasteiger partial charge on any atom is 0.356 e. The predicted molar refractivity (Wildman–Crippen MR) is 141 cm³/mol. The molecule has 0 heterocycles. The summed E-state index contributed by atoms with van der Waals surface area (Å²) in [6.45, 7) is 3.53. The van der Waals surface area contributed by atoms with Crippen molar-refractivity contribution in [3.05, 3.63) is 96.6 Å². The van der Waals surface area contributed by atoms with Crippen LogP contribution in [0.1, 0.15) is 17.3 Å². The van der Waals surface area contributed by atoms with E-state index in [1.807, 2.05) is 55.5 Å². The number of azo groups is 1. The maximum atomic E-state index is 12.5. The molecular weight excluding hydrogens is 477 g/mol. The van der Waals surface area contributed by atoms with E-state index < -0.39 is 7.60 Å². The van der Waals surface area contributed by atoms with Crippen molar-refractivity contribution in [1.29, 1.82) is 0 Å². The first kappa shape index (κ1) is 25.3. The molecule has 0 aliphatic heterocycles. The average Bonchev–Trinajstić information content (AvgIpc) is 2.89. The largest absolute Gasteiger partial charge is 0.460 e. The number of likely N-dealkylation sites (N-methyl/N-ethyl adjacent to an activating group) is 1. The summed E-state index contributed by atoms with van der Waals surface area (Å²) in [5.74, 6) is -0.351. The van der Waals surface area contributed by atoms with Gasteiger partial charge in [-0.05, 0) is 72.3 Å². The third-order valence-corrected chi connectivity index (χ3v) is 6.57. The van der Waals surface area contributed by atoms with Crippen molar-refractivity contribution in [1.82, 2.24) is 0 Å². The van der Waals surface area contributed by atoms with Gasteiger partial charge < -0.3 is 19.4 Å². The molecule has 0 bridgehead atoms. The predicted octanol–water partition coefficient (Wildman–Crippen LogP) is 5.74. The highest BCUT2D eigenvalue weighted by Crippen LogP contribution is 2.34. The first-order chi connectivity index (χ1) is 17.3. The quantitative estimate of drug-likeness (QED) is 0.171. The van der Waals surface area contributed by atoms with Crippen molar-refractivity contribution >= 4 is 46.7 Å². The topological polar surface area (TPSA) is 112 Å². The number of benzene rings is 4. The van der Waals surface area contributed by atoms with Crippen LogP contribution in [-0.4, -0.2) is 35.5 Å². The van der Waals surface area contributed by atoms with E-state index in [9.17, 15) is 19.1 Å². The number of hydrogen-bond acceptors (Lipinski definition) is 6. The molecule has 36 heavy (non-hydrogen) atoms. The molecule has 4 rings (SSSR count). The molecule has 0 amide bonds. The number of nitrogens with zero attached hydrogens (tertiary/aromatic N) is 3. The summed E-state index contributed by atoms with van der Waals surface area (Å²) in [7, 11) is -4.34. The molecule has 8 nitrogen and oxygen atoms in total. The molecule has 0 fully saturated rings. The molecule has 0 radical (unpaired) electrons. The number of fused-ring (bicyclic) bond motifs is 1. The van der Waals surface area contributed by atoms with Crippen molar-refractivity contribution in [3.63, 3.8) is 0 Å². The summed E-state index contributed by atoms with van der Waals surface area (Å²) in [5, 5.41) is 10.2. The van der Waals surface area contributed by atoms with Crippen LogP contribution in [0.4, 0.5) is 17.1 Å². The van der Waals surface area contributed by atoms with E-state index >= 15 is 0 Å². The van der Waals surface area contributed by atoms with Crippen molar-refractivity contribution in [2.45, 2.75) is 6.92 Å². The highest BCUT2D eigenvalue weighted by molar-refractivity contribution is 7.60. The normalized spacial score (nSPS) is 11.6. The number of hydrogen-bond donors (Lipinski definition) is 2. The molecule has 0 unspecified atom stereocenters. The van der Waals surface area contributed by atoms with Crippen LogP contribution in [0.2, 0.25) is 0 Å². The molecule has 184 valence electrons. The molecule has 0 spiro atoms. The lowest BCUT2D eigenvalue weighted by Gasteiger charge is -2.23. The minimum atomic E-state index is -4.34. The number of ether oxygens (including phenoxy) is 1. The number of carbonyl (C=O) groups is 1. The number of carbonyl (C=O) groups excluding carboxylic acids is 1. The molecular formula is C27H26N3O5P. The second-order valence-corrected chi connectivity index (χ2v) is 9.66. The smallest absolute Gasteiger partial charge is 0.356 e. The van der Waals surface area contributed by atoms with E-state index in [1.165, 1.54) is 18.2 Å². The van der Waals surface area contributed by atoms with Gasteiger partial charge in [0.25, 0.3) is 0 Å². The maximum absolute atomic E-state index is 12.5. The molecule has 0 aliphatic rings. The fraction of sp³-hybridized carbons (Fsp3) is 0.148. The molecule has 4 aromatic rings. The van der Waals surface area contributed by atoms with Gasteiger partial charge in [-0.3, -0.25) is 4.57 Å². The lowest BCUT2D eigenvalue weighted by molar-refractivity contribution is 0.0515. The van der Waals surface area contributed by atoms with Gasteiger partial charge in [0.15, 0.2) is 0 Å². The third-order valence-electron chi connectivity index (χ3n) is 5.62. The standard InChI is InChI=1S/C27H26N3O5P/c1-2-30(16-17-35-27(31)22-11-10-20-6-3-4-7-21(20)18-22)25-14-12-23(13-15-25)28-29-24-8-5-9-26(19-24)36(32,33)34/h3-15,18-19H,2,16-17H2,1H3,(H2,32,33,34). The minimum Gasteiger partial charge on any atom is -0.460 e. The lowest BCUT2D eigenvalue weighted by Crippen LogP contribution is -2.27. The Bertz CT molecular complexity index is 1430. The molecule has 9 heteroatoms. The van der Waals surface area contributed by atoms with Gasteiger partial charge in [0.05, 0.1) is 28.8 Å². The zero-order valence-electron chi connectivity index (χ0n) is 19.7. The van der Waals surface area contributed by atoms with Crippen LogP contribution in [0.3, 0.4) is 0 Å². The molecule has 2 N–H and O–H groups in total.